The lowest BCUT2D eigenvalue weighted by Gasteiger charge is -2.18. The minimum Gasteiger partial charge on any atom is -0.493 e. The summed E-state index contributed by atoms with van der Waals surface area (Å²) in [5.74, 6) is 0.900. The number of hydrogen-bond donors (Lipinski definition) is 1. The highest BCUT2D eigenvalue weighted by Crippen LogP contribution is 2.31. The Bertz CT molecular complexity index is 1030. The Labute approximate surface area is 172 Å². The highest BCUT2D eigenvalue weighted by molar-refractivity contribution is 7.92. The highest BCUT2D eigenvalue weighted by Gasteiger charge is 2.23. The first-order valence-electron chi connectivity index (χ1n) is 9.13. The molecule has 0 radical (unpaired) electrons. The quantitative estimate of drug-likeness (QED) is 0.607. The van der Waals surface area contributed by atoms with Crippen molar-refractivity contribution in [2.75, 3.05) is 31.5 Å². The molecule has 0 saturated heterocycles. The number of nitrogens with one attached hydrogen (secondary N) is 1. The van der Waals surface area contributed by atoms with E-state index >= 15 is 0 Å². The molecular weight excluding hydrogens is 416 g/mol. The lowest BCUT2D eigenvalue weighted by molar-refractivity contribution is 0.311. The molecule has 8 nitrogen and oxygen atoms in total. The van der Waals surface area contributed by atoms with Crippen molar-refractivity contribution in [2.24, 2.45) is 0 Å². The Hall–Kier alpha value is -2.30. The average Bonchev–Trinajstić information content (AvgIpc) is 2.70. The van der Waals surface area contributed by atoms with Crippen molar-refractivity contribution in [3.8, 4) is 11.5 Å². The van der Waals surface area contributed by atoms with Crippen LogP contribution in [0.2, 0.25) is 0 Å². The zero-order valence-electron chi connectivity index (χ0n) is 16.9. The van der Waals surface area contributed by atoms with Crippen molar-refractivity contribution in [3.63, 3.8) is 0 Å². The van der Waals surface area contributed by atoms with Crippen LogP contribution in [0.3, 0.4) is 0 Å². The minimum absolute atomic E-state index is 0.0443. The molecule has 2 aromatic rings. The van der Waals surface area contributed by atoms with E-state index in [1.54, 1.807) is 26.0 Å². The smallest absolute Gasteiger partial charge is 0.261 e. The standard InChI is InChI=1S/C19H26N2O6S2/c1-5-21(6-2)29(24,25)17-11-9-16(10-12-17)28(22,23)20-15-8-13-18(27-7-3)19(14-15)26-4/h8-14,20H,5-7H2,1-4H3. The summed E-state index contributed by atoms with van der Waals surface area (Å²) < 4.78 is 64.8. The summed E-state index contributed by atoms with van der Waals surface area (Å²) in [5.41, 5.74) is 0.296. The Kier molecular flexibility index (Phi) is 7.50. The van der Waals surface area contributed by atoms with Gasteiger partial charge in [-0.05, 0) is 43.3 Å². The van der Waals surface area contributed by atoms with Gasteiger partial charge in [-0.2, -0.15) is 4.31 Å². The molecule has 0 saturated carbocycles. The van der Waals surface area contributed by atoms with Crippen LogP contribution in [0, 0.1) is 0 Å². The first kappa shape index (κ1) is 23.0. The summed E-state index contributed by atoms with van der Waals surface area (Å²) >= 11 is 0. The van der Waals surface area contributed by atoms with Gasteiger partial charge in [-0.25, -0.2) is 16.8 Å². The van der Waals surface area contributed by atoms with Gasteiger partial charge in [0.1, 0.15) is 0 Å². The van der Waals surface area contributed by atoms with Gasteiger partial charge in [-0.3, -0.25) is 4.72 Å². The Morgan fingerprint density at radius 3 is 1.97 bits per heavy atom. The van der Waals surface area contributed by atoms with Crippen LogP contribution in [0.25, 0.3) is 0 Å². The van der Waals surface area contributed by atoms with Crippen molar-refractivity contribution in [1.82, 2.24) is 4.31 Å². The van der Waals surface area contributed by atoms with Crippen LogP contribution in [0.15, 0.2) is 52.3 Å². The van der Waals surface area contributed by atoms with E-state index in [0.717, 1.165) is 0 Å². The topological polar surface area (TPSA) is 102 Å². The molecule has 0 aliphatic carbocycles. The third-order valence-electron chi connectivity index (χ3n) is 4.19. The lowest BCUT2D eigenvalue weighted by atomic mass is 10.3. The number of anilines is 1. The molecule has 1 N–H and O–H groups in total. The zero-order chi connectivity index (χ0) is 21.7. The first-order valence-corrected chi connectivity index (χ1v) is 12.1. The Balaban J connectivity index is 2.28. The zero-order valence-corrected chi connectivity index (χ0v) is 18.5. The third-order valence-corrected chi connectivity index (χ3v) is 7.65. The van der Waals surface area contributed by atoms with E-state index in [1.165, 1.54) is 41.7 Å². The predicted octanol–water partition coefficient (Wildman–Crippen LogP) is 2.93. The largest absolute Gasteiger partial charge is 0.493 e. The Morgan fingerprint density at radius 1 is 0.862 bits per heavy atom. The summed E-state index contributed by atoms with van der Waals surface area (Å²) in [4.78, 5) is -0.00765. The molecule has 0 bridgehead atoms. The fraction of sp³-hybridized carbons (Fsp3) is 0.368. The van der Waals surface area contributed by atoms with E-state index in [1.807, 2.05) is 6.92 Å². The summed E-state index contributed by atoms with van der Waals surface area (Å²) in [6, 6.07) is 9.81. The number of benzene rings is 2. The molecule has 0 unspecified atom stereocenters. The fourth-order valence-corrected chi connectivity index (χ4v) is 5.23. The average molecular weight is 443 g/mol. The number of nitrogens with zero attached hydrogens (tertiary/aromatic N) is 1. The molecule has 0 heterocycles. The van der Waals surface area contributed by atoms with Gasteiger partial charge in [-0.15, -0.1) is 0 Å². The van der Waals surface area contributed by atoms with Gasteiger partial charge in [0.15, 0.2) is 11.5 Å². The second-order valence-electron chi connectivity index (χ2n) is 5.96. The van der Waals surface area contributed by atoms with Gasteiger partial charge in [0.25, 0.3) is 10.0 Å². The fourth-order valence-electron chi connectivity index (χ4n) is 2.72. The van der Waals surface area contributed by atoms with E-state index in [0.29, 0.717) is 36.9 Å². The van der Waals surface area contributed by atoms with E-state index < -0.39 is 20.0 Å². The van der Waals surface area contributed by atoms with Crippen LogP contribution in [0.5, 0.6) is 11.5 Å². The molecule has 0 amide bonds. The molecule has 0 spiro atoms. The molecule has 0 fully saturated rings. The molecule has 29 heavy (non-hydrogen) atoms. The van der Waals surface area contributed by atoms with E-state index in [2.05, 4.69) is 4.72 Å². The molecule has 160 valence electrons. The number of sulfonamides is 2. The lowest BCUT2D eigenvalue weighted by Crippen LogP contribution is -2.30. The summed E-state index contributed by atoms with van der Waals surface area (Å²) in [6.07, 6.45) is 0. The van der Waals surface area contributed by atoms with Crippen molar-refractivity contribution in [1.29, 1.82) is 0 Å². The minimum atomic E-state index is -3.91. The van der Waals surface area contributed by atoms with Gasteiger partial charge in [0.05, 0.1) is 29.2 Å². The third kappa shape index (κ3) is 5.20. The summed E-state index contributed by atoms with van der Waals surface area (Å²) in [6.45, 7) is 6.44. The first-order chi connectivity index (χ1) is 13.7. The highest BCUT2D eigenvalue weighted by atomic mass is 32.2. The van der Waals surface area contributed by atoms with Crippen LogP contribution in [-0.4, -0.2) is 47.9 Å². The van der Waals surface area contributed by atoms with Crippen LogP contribution < -0.4 is 14.2 Å². The number of methoxy groups -OCH3 is 1. The van der Waals surface area contributed by atoms with Gasteiger partial charge in [0, 0.05) is 19.2 Å². The second kappa shape index (κ2) is 9.47. The predicted molar refractivity (Wildman–Crippen MR) is 112 cm³/mol. The van der Waals surface area contributed by atoms with E-state index in [4.69, 9.17) is 9.47 Å². The summed E-state index contributed by atoms with van der Waals surface area (Å²) in [5, 5.41) is 0. The van der Waals surface area contributed by atoms with E-state index in [-0.39, 0.29) is 9.79 Å². The molecular formula is C19H26N2O6S2. The van der Waals surface area contributed by atoms with Crippen molar-refractivity contribution >= 4 is 25.7 Å². The maximum atomic E-state index is 12.7. The Morgan fingerprint density at radius 2 is 1.45 bits per heavy atom. The monoisotopic (exact) mass is 442 g/mol. The molecule has 2 rings (SSSR count). The molecule has 0 aliphatic rings. The maximum Gasteiger partial charge on any atom is 0.261 e. The van der Waals surface area contributed by atoms with Gasteiger partial charge < -0.3 is 9.47 Å². The summed E-state index contributed by atoms with van der Waals surface area (Å²) in [7, 11) is -6.10. The van der Waals surface area contributed by atoms with E-state index in [9.17, 15) is 16.8 Å². The second-order valence-corrected chi connectivity index (χ2v) is 9.59. The molecule has 0 aromatic heterocycles. The normalized spacial score (nSPS) is 12.0. The van der Waals surface area contributed by atoms with Crippen molar-refractivity contribution in [2.45, 2.75) is 30.6 Å². The van der Waals surface area contributed by atoms with Crippen molar-refractivity contribution in [3.05, 3.63) is 42.5 Å². The SMILES string of the molecule is CCOc1ccc(NS(=O)(=O)c2ccc(S(=O)(=O)N(CC)CC)cc2)cc1OC. The molecule has 2 aromatic carbocycles. The molecule has 0 aliphatic heterocycles. The van der Waals surface area contributed by atoms with Crippen molar-refractivity contribution < 1.29 is 26.3 Å². The van der Waals surface area contributed by atoms with Gasteiger partial charge >= 0.3 is 0 Å². The number of ether oxygens (including phenoxy) is 2. The van der Waals surface area contributed by atoms with Crippen LogP contribution in [0.4, 0.5) is 5.69 Å². The van der Waals surface area contributed by atoms with Crippen LogP contribution >= 0.6 is 0 Å². The maximum absolute atomic E-state index is 12.7. The molecule has 10 heteroatoms. The van der Waals surface area contributed by atoms with Crippen LogP contribution in [0.1, 0.15) is 20.8 Å². The van der Waals surface area contributed by atoms with Crippen LogP contribution in [-0.2, 0) is 20.0 Å². The number of hydrogen-bond acceptors (Lipinski definition) is 6. The number of rotatable bonds is 10. The molecule has 0 atom stereocenters. The van der Waals surface area contributed by atoms with Gasteiger partial charge in [-0.1, -0.05) is 13.8 Å². The van der Waals surface area contributed by atoms with Gasteiger partial charge in [0.2, 0.25) is 10.0 Å².